The molecular formula is C28H46N4O11. The van der Waals surface area contributed by atoms with E-state index in [4.69, 9.17) is 28.9 Å². The first-order valence-electron chi connectivity index (χ1n) is 14.7. The standard InChI is InChI=1S/C28H46N4O11/c29-23-39-16-10-7-15-32-28(37)43-18-9-2-4-12-26(35)41-22-20-38-19-21-40-25(34)11-3-1-8-17-42-27(36)31-14-6-5-13-30-24-33/h1-22H2,(H,31,36)(H,32,37). The number of rotatable bonds is 28. The monoisotopic (exact) mass is 614 g/mol. The van der Waals surface area contributed by atoms with Crippen LogP contribution in [0.25, 0.3) is 0 Å². The third kappa shape index (κ3) is 30.9. The van der Waals surface area contributed by atoms with Gasteiger partial charge >= 0.3 is 24.1 Å². The van der Waals surface area contributed by atoms with E-state index in [1.165, 1.54) is 6.08 Å². The van der Waals surface area contributed by atoms with Crippen LogP contribution >= 0.6 is 0 Å². The quantitative estimate of drug-likeness (QED) is 0.0326. The lowest BCUT2D eigenvalue weighted by Gasteiger charge is -2.08. The molecule has 15 heteroatoms. The van der Waals surface area contributed by atoms with Crippen molar-refractivity contribution < 1.29 is 52.4 Å². The van der Waals surface area contributed by atoms with Gasteiger partial charge in [0.2, 0.25) is 6.08 Å². The van der Waals surface area contributed by atoms with Crippen LogP contribution in [0.3, 0.4) is 0 Å². The lowest BCUT2D eigenvalue weighted by atomic mass is 10.2. The zero-order chi connectivity index (χ0) is 31.6. The first-order valence-corrected chi connectivity index (χ1v) is 14.7. The molecule has 0 saturated heterocycles. The van der Waals surface area contributed by atoms with Gasteiger partial charge in [-0.2, -0.15) is 5.26 Å². The van der Waals surface area contributed by atoms with Crippen LogP contribution in [0.4, 0.5) is 9.59 Å². The summed E-state index contributed by atoms with van der Waals surface area (Å²) in [6.45, 7) is 2.73. The van der Waals surface area contributed by atoms with Crippen LogP contribution in [0.15, 0.2) is 4.99 Å². The summed E-state index contributed by atoms with van der Waals surface area (Å²) in [5, 5.41) is 13.5. The first-order chi connectivity index (χ1) is 21.0. The molecule has 0 aromatic rings. The normalized spacial score (nSPS) is 10.0. The Bertz CT molecular complexity index is 845. The largest absolute Gasteiger partial charge is 0.463 e. The lowest BCUT2D eigenvalue weighted by Crippen LogP contribution is -2.25. The highest BCUT2D eigenvalue weighted by Crippen LogP contribution is 2.03. The van der Waals surface area contributed by atoms with Crippen LogP contribution in [0.1, 0.15) is 77.0 Å². The number of alkyl carbamates (subject to hydrolysis) is 2. The predicted molar refractivity (Wildman–Crippen MR) is 151 cm³/mol. The number of hydrogen-bond acceptors (Lipinski definition) is 13. The van der Waals surface area contributed by atoms with Crippen LogP contribution in [-0.4, -0.2) is 96.1 Å². The van der Waals surface area contributed by atoms with Gasteiger partial charge in [-0.25, -0.2) is 19.4 Å². The van der Waals surface area contributed by atoms with Gasteiger partial charge in [0.1, 0.15) is 19.8 Å². The summed E-state index contributed by atoms with van der Waals surface area (Å²) in [5.41, 5.74) is 0. The van der Waals surface area contributed by atoms with Gasteiger partial charge in [-0.3, -0.25) is 9.59 Å². The summed E-state index contributed by atoms with van der Waals surface area (Å²) in [5.74, 6) is -0.671. The lowest BCUT2D eigenvalue weighted by molar-refractivity contribution is -0.146. The molecule has 244 valence electrons. The van der Waals surface area contributed by atoms with Crippen LogP contribution in [-0.2, 0) is 42.8 Å². The van der Waals surface area contributed by atoms with Crippen molar-refractivity contribution in [1.29, 1.82) is 5.26 Å². The summed E-state index contributed by atoms with van der Waals surface area (Å²) >= 11 is 0. The minimum atomic E-state index is -0.497. The average molecular weight is 615 g/mol. The van der Waals surface area contributed by atoms with E-state index < -0.39 is 12.2 Å². The van der Waals surface area contributed by atoms with Gasteiger partial charge in [0.25, 0.3) is 6.26 Å². The van der Waals surface area contributed by atoms with Gasteiger partial charge in [0.05, 0.1) is 33.0 Å². The zero-order valence-corrected chi connectivity index (χ0v) is 24.9. The minimum Gasteiger partial charge on any atom is -0.463 e. The molecule has 0 aromatic heterocycles. The minimum absolute atomic E-state index is 0.106. The van der Waals surface area contributed by atoms with Crippen LogP contribution in [0.2, 0.25) is 0 Å². The van der Waals surface area contributed by atoms with Crippen molar-refractivity contribution in [3.8, 4) is 6.26 Å². The summed E-state index contributed by atoms with van der Waals surface area (Å²) in [4.78, 5) is 59.9. The number of carbonyl (C=O) groups excluding carboxylic acids is 5. The van der Waals surface area contributed by atoms with Crippen molar-refractivity contribution in [3.05, 3.63) is 0 Å². The number of aliphatic imine (C=N–C) groups is 1. The zero-order valence-electron chi connectivity index (χ0n) is 24.9. The molecule has 0 spiro atoms. The van der Waals surface area contributed by atoms with Crippen LogP contribution in [0, 0.1) is 11.5 Å². The topological polar surface area (TPSA) is 201 Å². The molecule has 0 fully saturated rings. The third-order valence-corrected chi connectivity index (χ3v) is 5.54. The van der Waals surface area contributed by atoms with E-state index in [0.29, 0.717) is 90.4 Å². The summed E-state index contributed by atoms with van der Waals surface area (Å²) in [6, 6.07) is 0. The fourth-order valence-corrected chi connectivity index (χ4v) is 3.29. The molecule has 0 aromatic carbocycles. The molecule has 0 aliphatic carbocycles. The summed E-state index contributed by atoms with van der Waals surface area (Å²) < 4.78 is 30.1. The molecule has 0 bridgehead atoms. The Hall–Kier alpha value is -3.89. The van der Waals surface area contributed by atoms with Crippen molar-refractivity contribution in [2.24, 2.45) is 4.99 Å². The molecule has 0 atom stereocenters. The second-order valence-electron chi connectivity index (χ2n) is 9.13. The average Bonchev–Trinajstić information content (AvgIpc) is 2.99. The van der Waals surface area contributed by atoms with Gasteiger partial charge in [-0.05, 0) is 64.2 Å². The number of nitrogens with one attached hydrogen (secondary N) is 2. The van der Waals surface area contributed by atoms with Crippen molar-refractivity contribution in [1.82, 2.24) is 10.6 Å². The van der Waals surface area contributed by atoms with Crippen molar-refractivity contribution in [2.75, 3.05) is 65.9 Å². The molecule has 0 aliphatic heterocycles. The molecule has 0 aliphatic rings. The molecule has 15 nitrogen and oxygen atoms in total. The fourth-order valence-electron chi connectivity index (χ4n) is 3.29. The maximum absolute atomic E-state index is 11.7. The Morgan fingerprint density at radius 1 is 0.581 bits per heavy atom. The Labute approximate surface area is 252 Å². The first kappa shape index (κ1) is 39.1. The second-order valence-corrected chi connectivity index (χ2v) is 9.13. The number of unbranched alkanes of at least 4 members (excludes halogenated alkanes) is 6. The number of amides is 2. The molecule has 43 heavy (non-hydrogen) atoms. The van der Waals surface area contributed by atoms with Crippen molar-refractivity contribution >= 4 is 30.2 Å². The SMILES string of the molecule is N#COCCCCNC(=O)OCCCCCC(=O)OCCOCCOC(=O)CCCCCOC(=O)NCCCCN=C=O. The second kappa shape index (κ2) is 31.1. The highest BCUT2D eigenvalue weighted by Gasteiger charge is 2.06. The fraction of sp³-hybridized carbons (Fsp3) is 0.786. The van der Waals surface area contributed by atoms with Crippen LogP contribution in [0.5, 0.6) is 0 Å². The van der Waals surface area contributed by atoms with E-state index in [1.807, 2.05) is 0 Å². The van der Waals surface area contributed by atoms with Crippen molar-refractivity contribution in [3.63, 3.8) is 0 Å². The predicted octanol–water partition coefficient (Wildman–Crippen LogP) is 3.06. The molecule has 0 unspecified atom stereocenters. The number of nitriles is 1. The molecular weight excluding hydrogens is 568 g/mol. The maximum atomic E-state index is 11.7. The molecule has 2 amide bonds. The van der Waals surface area contributed by atoms with E-state index in [-0.39, 0.29) is 64.4 Å². The Morgan fingerprint density at radius 2 is 1.09 bits per heavy atom. The van der Waals surface area contributed by atoms with Gasteiger partial charge < -0.3 is 39.1 Å². The van der Waals surface area contributed by atoms with E-state index in [2.05, 4.69) is 20.4 Å². The van der Waals surface area contributed by atoms with Crippen molar-refractivity contribution in [2.45, 2.75) is 77.0 Å². The van der Waals surface area contributed by atoms with Gasteiger partial charge in [0.15, 0.2) is 0 Å². The van der Waals surface area contributed by atoms with Gasteiger partial charge in [0, 0.05) is 25.9 Å². The maximum Gasteiger partial charge on any atom is 0.407 e. The molecule has 0 rings (SSSR count). The third-order valence-electron chi connectivity index (χ3n) is 5.54. The Morgan fingerprint density at radius 3 is 1.60 bits per heavy atom. The molecule has 0 heterocycles. The highest BCUT2D eigenvalue weighted by molar-refractivity contribution is 5.69. The van der Waals surface area contributed by atoms with E-state index in [1.54, 1.807) is 6.26 Å². The molecule has 0 radical (unpaired) electrons. The Kier molecular flexibility index (Phi) is 28.2. The smallest absolute Gasteiger partial charge is 0.407 e. The molecule has 2 N–H and O–H groups in total. The number of ether oxygens (including phenoxy) is 6. The van der Waals surface area contributed by atoms with E-state index in [0.717, 1.165) is 0 Å². The summed E-state index contributed by atoms with van der Waals surface area (Å²) in [6.07, 6.45) is 9.21. The van der Waals surface area contributed by atoms with Crippen LogP contribution < -0.4 is 10.6 Å². The molecule has 0 saturated carbocycles. The summed E-state index contributed by atoms with van der Waals surface area (Å²) in [7, 11) is 0. The number of isocyanates is 1. The van der Waals surface area contributed by atoms with Gasteiger partial charge in [-0.1, -0.05) is 0 Å². The van der Waals surface area contributed by atoms with E-state index in [9.17, 15) is 24.0 Å². The number of esters is 2. The highest BCUT2D eigenvalue weighted by atomic mass is 16.6. The number of carbonyl (C=O) groups is 4. The number of nitrogens with zero attached hydrogens (tertiary/aromatic N) is 2. The Balaban J connectivity index is 3.41. The number of hydrogen-bond donors (Lipinski definition) is 2. The van der Waals surface area contributed by atoms with Gasteiger partial charge in [-0.15, -0.1) is 0 Å². The van der Waals surface area contributed by atoms with E-state index >= 15 is 0 Å².